The molecule has 4 rings (SSSR count). The third-order valence-electron chi connectivity index (χ3n) is 4.00. The van der Waals surface area contributed by atoms with E-state index in [-0.39, 0.29) is 11.3 Å². The van der Waals surface area contributed by atoms with Crippen molar-refractivity contribution in [3.63, 3.8) is 0 Å². The van der Waals surface area contributed by atoms with Gasteiger partial charge in [0.15, 0.2) is 11.6 Å². The van der Waals surface area contributed by atoms with Crippen LogP contribution in [0.3, 0.4) is 0 Å². The molecule has 0 aliphatic carbocycles. The molecule has 0 atom stereocenters. The summed E-state index contributed by atoms with van der Waals surface area (Å²) in [5.74, 6) is -2.60. The summed E-state index contributed by atoms with van der Waals surface area (Å²) in [6.45, 7) is 0. The Bertz CT molecular complexity index is 1270. The number of aromatic nitrogens is 4. The molecule has 13 heteroatoms. The summed E-state index contributed by atoms with van der Waals surface area (Å²) in [6, 6.07) is 7.43. The second kappa shape index (κ2) is 7.76. The molecule has 0 unspecified atom stereocenters. The molecule has 1 N–H and O–H groups in total. The van der Waals surface area contributed by atoms with Crippen molar-refractivity contribution in [2.24, 2.45) is 7.05 Å². The maximum Gasteiger partial charge on any atom is 0.270 e. The molecule has 1 amide bonds. The van der Waals surface area contributed by atoms with Crippen LogP contribution in [0.25, 0.3) is 10.1 Å². The summed E-state index contributed by atoms with van der Waals surface area (Å²) in [6.07, 6.45) is 0. The Kier molecular flexibility index (Phi) is 5.13. The SMILES string of the molecule is Cn1nnnc1Sc1ccc([N+](=O)[O-])cc1C(=O)Nc1cc2cc(F)c(F)cc2s1. The second-order valence-corrected chi connectivity index (χ2v) is 8.09. The van der Waals surface area contributed by atoms with Gasteiger partial charge in [0.25, 0.3) is 11.6 Å². The quantitative estimate of drug-likeness (QED) is 0.362. The minimum absolute atomic E-state index is 0.0343. The molecule has 30 heavy (non-hydrogen) atoms. The summed E-state index contributed by atoms with van der Waals surface area (Å²) in [7, 11) is 1.61. The lowest BCUT2D eigenvalue weighted by molar-refractivity contribution is -0.384. The van der Waals surface area contributed by atoms with Crippen LogP contribution in [0.5, 0.6) is 0 Å². The van der Waals surface area contributed by atoms with Crippen molar-refractivity contribution in [3.8, 4) is 0 Å². The first kappa shape index (κ1) is 19.8. The normalized spacial score (nSPS) is 11.0. The van der Waals surface area contributed by atoms with Crippen LogP contribution >= 0.6 is 23.1 Å². The van der Waals surface area contributed by atoms with E-state index in [2.05, 4.69) is 20.8 Å². The van der Waals surface area contributed by atoms with Crippen molar-refractivity contribution in [3.05, 3.63) is 63.7 Å². The van der Waals surface area contributed by atoms with Gasteiger partial charge in [0.1, 0.15) is 0 Å². The van der Waals surface area contributed by atoms with E-state index in [0.29, 0.717) is 25.1 Å². The number of rotatable bonds is 5. The van der Waals surface area contributed by atoms with Crippen LogP contribution in [0, 0.1) is 21.7 Å². The number of halogens is 2. The molecule has 152 valence electrons. The molecule has 0 spiro atoms. The van der Waals surface area contributed by atoms with E-state index < -0.39 is 22.5 Å². The molecular formula is C17H10F2N6O3S2. The number of anilines is 1. The number of hydrogen-bond donors (Lipinski definition) is 1. The standard InChI is InChI=1S/C17H10F2N6O3S2/c1-24-17(21-22-23-24)30-13-3-2-9(25(27)28)6-10(13)16(26)20-15-5-8-4-11(18)12(19)7-14(8)29-15/h2-7H,1H3,(H,20,26). The molecule has 0 aliphatic heterocycles. The number of carbonyl (C=O) groups excluding carboxylic acids is 1. The number of nitrogens with zero attached hydrogens (tertiary/aromatic N) is 5. The molecule has 9 nitrogen and oxygen atoms in total. The first-order valence-electron chi connectivity index (χ1n) is 8.20. The Morgan fingerprint density at radius 1 is 1.23 bits per heavy atom. The second-order valence-electron chi connectivity index (χ2n) is 5.99. The van der Waals surface area contributed by atoms with Gasteiger partial charge in [0, 0.05) is 28.8 Å². The zero-order valence-corrected chi connectivity index (χ0v) is 16.6. The number of thiophene rings is 1. The summed E-state index contributed by atoms with van der Waals surface area (Å²) >= 11 is 2.11. The number of fused-ring (bicyclic) bond motifs is 1. The highest BCUT2D eigenvalue weighted by molar-refractivity contribution is 7.99. The van der Waals surface area contributed by atoms with E-state index >= 15 is 0 Å². The van der Waals surface area contributed by atoms with E-state index in [1.807, 2.05) is 0 Å². The minimum atomic E-state index is -0.993. The van der Waals surface area contributed by atoms with Gasteiger partial charge in [-0.05, 0) is 51.8 Å². The average molecular weight is 448 g/mol. The molecule has 0 fully saturated rings. The number of aryl methyl sites for hydroxylation is 1. The Morgan fingerprint density at radius 3 is 2.70 bits per heavy atom. The Balaban J connectivity index is 1.68. The lowest BCUT2D eigenvalue weighted by Gasteiger charge is -2.08. The highest BCUT2D eigenvalue weighted by Crippen LogP contribution is 2.34. The lowest BCUT2D eigenvalue weighted by Crippen LogP contribution is -2.12. The number of carbonyl (C=O) groups is 1. The van der Waals surface area contributed by atoms with Crippen LogP contribution in [0.1, 0.15) is 10.4 Å². The summed E-state index contributed by atoms with van der Waals surface area (Å²) in [5, 5.41) is 26.0. The van der Waals surface area contributed by atoms with Crippen molar-refractivity contribution in [2.45, 2.75) is 10.1 Å². The smallest absolute Gasteiger partial charge is 0.270 e. The zero-order valence-electron chi connectivity index (χ0n) is 15.0. The molecule has 0 saturated carbocycles. The average Bonchev–Trinajstić information content (AvgIpc) is 3.27. The number of nitrogens with one attached hydrogen (secondary N) is 1. The highest BCUT2D eigenvalue weighted by atomic mass is 32.2. The van der Waals surface area contributed by atoms with E-state index in [9.17, 15) is 23.7 Å². The molecule has 0 saturated heterocycles. The van der Waals surface area contributed by atoms with E-state index in [4.69, 9.17) is 0 Å². The third-order valence-corrected chi connectivity index (χ3v) is 6.11. The Morgan fingerprint density at radius 2 is 2.00 bits per heavy atom. The van der Waals surface area contributed by atoms with Gasteiger partial charge in [-0.15, -0.1) is 16.4 Å². The van der Waals surface area contributed by atoms with Crippen LogP contribution in [0.4, 0.5) is 19.5 Å². The fourth-order valence-electron chi connectivity index (χ4n) is 2.58. The maximum atomic E-state index is 13.4. The highest BCUT2D eigenvalue weighted by Gasteiger charge is 2.20. The van der Waals surface area contributed by atoms with Gasteiger partial charge in [0.2, 0.25) is 5.16 Å². The van der Waals surface area contributed by atoms with Crippen molar-refractivity contribution in [1.82, 2.24) is 20.2 Å². The summed E-state index contributed by atoms with van der Waals surface area (Å²) in [4.78, 5) is 23.8. The Labute approximate surface area is 174 Å². The monoisotopic (exact) mass is 448 g/mol. The Hall–Kier alpha value is -3.45. The predicted octanol–water partition coefficient (Wildman–Crippen LogP) is 4.01. The van der Waals surface area contributed by atoms with Crippen molar-refractivity contribution < 1.29 is 18.5 Å². The first-order valence-corrected chi connectivity index (χ1v) is 9.83. The van der Waals surface area contributed by atoms with Crippen molar-refractivity contribution in [1.29, 1.82) is 0 Å². The summed E-state index contributed by atoms with van der Waals surface area (Å²) < 4.78 is 28.7. The van der Waals surface area contributed by atoms with Gasteiger partial charge in [-0.1, -0.05) is 0 Å². The molecule has 0 aliphatic rings. The van der Waals surface area contributed by atoms with Gasteiger partial charge in [-0.3, -0.25) is 14.9 Å². The molecule has 2 heterocycles. The molecule has 0 radical (unpaired) electrons. The van der Waals surface area contributed by atoms with Crippen LogP contribution in [-0.2, 0) is 7.05 Å². The van der Waals surface area contributed by atoms with Crippen molar-refractivity contribution in [2.75, 3.05) is 5.32 Å². The van der Waals surface area contributed by atoms with Gasteiger partial charge in [-0.25, -0.2) is 13.5 Å². The largest absolute Gasteiger partial charge is 0.313 e. The number of amides is 1. The molecular weight excluding hydrogens is 438 g/mol. The lowest BCUT2D eigenvalue weighted by atomic mass is 10.2. The van der Waals surface area contributed by atoms with Gasteiger partial charge in [0.05, 0.1) is 15.5 Å². The third kappa shape index (κ3) is 3.84. The van der Waals surface area contributed by atoms with Crippen LogP contribution in [-0.4, -0.2) is 31.0 Å². The van der Waals surface area contributed by atoms with Crippen molar-refractivity contribution >= 4 is 49.8 Å². The minimum Gasteiger partial charge on any atom is -0.313 e. The predicted molar refractivity (Wildman–Crippen MR) is 106 cm³/mol. The number of benzene rings is 2. The van der Waals surface area contributed by atoms with Crippen LogP contribution < -0.4 is 5.32 Å². The van der Waals surface area contributed by atoms with Gasteiger partial charge in [-0.2, -0.15) is 0 Å². The van der Waals surface area contributed by atoms with E-state index in [1.54, 1.807) is 7.05 Å². The van der Waals surface area contributed by atoms with E-state index in [1.165, 1.54) is 22.9 Å². The van der Waals surface area contributed by atoms with E-state index in [0.717, 1.165) is 41.3 Å². The molecule has 2 aromatic carbocycles. The fraction of sp³-hybridized carbons (Fsp3) is 0.0588. The fourth-order valence-corrected chi connectivity index (χ4v) is 4.38. The molecule has 2 aromatic heterocycles. The molecule has 4 aromatic rings. The first-order chi connectivity index (χ1) is 14.3. The number of non-ortho nitro benzene ring substituents is 1. The van der Waals surface area contributed by atoms with Gasteiger partial charge < -0.3 is 5.32 Å². The topological polar surface area (TPSA) is 116 Å². The molecule has 0 bridgehead atoms. The maximum absolute atomic E-state index is 13.4. The van der Waals surface area contributed by atoms with Gasteiger partial charge >= 0.3 is 0 Å². The number of nitro groups is 1. The zero-order chi connectivity index (χ0) is 21.4. The number of hydrogen-bond acceptors (Lipinski definition) is 8. The number of nitro benzene ring substituents is 1. The summed E-state index contributed by atoms with van der Waals surface area (Å²) in [5.41, 5.74) is -0.229. The van der Waals surface area contributed by atoms with Crippen LogP contribution in [0.15, 0.2) is 46.5 Å². The number of tetrazole rings is 1. The van der Waals surface area contributed by atoms with Crippen LogP contribution in [0.2, 0.25) is 0 Å².